The van der Waals surface area contributed by atoms with Crippen molar-refractivity contribution >= 4 is 33.5 Å². The number of aromatic nitrogens is 1. The Morgan fingerprint density at radius 1 is 1.15 bits per heavy atom. The van der Waals surface area contributed by atoms with E-state index in [4.69, 9.17) is 4.74 Å². The Bertz CT molecular complexity index is 1110. The number of hydrogen-bond donors (Lipinski definition) is 2. The Balaban J connectivity index is 1.70. The third-order valence-corrected chi connectivity index (χ3v) is 7.29. The minimum atomic E-state index is -4.29. The highest BCUT2D eigenvalue weighted by atomic mass is 127. The molecule has 0 spiro atoms. The van der Waals surface area contributed by atoms with Gasteiger partial charge in [-0.1, -0.05) is 52.9 Å². The van der Waals surface area contributed by atoms with Crippen LogP contribution >= 0.6 is 22.6 Å². The van der Waals surface area contributed by atoms with Crippen LogP contribution in [0.4, 0.5) is 13.2 Å². The number of hydrogen-bond acceptors (Lipinski definition) is 3. The van der Waals surface area contributed by atoms with Crippen molar-refractivity contribution in [3.8, 4) is 5.75 Å². The molecule has 184 valence electrons. The fourth-order valence-electron chi connectivity index (χ4n) is 4.93. The molecule has 4 rings (SSSR count). The summed E-state index contributed by atoms with van der Waals surface area (Å²) in [6.45, 7) is 5.06. The quantitative estimate of drug-likeness (QED) is 0.179. The maximum atomic E-state index is 13.7. The van der Waals surface area contributed by atoms with Gasteiger partial charge in [0.1, 0.15) is 12.4 Å². The predicted octanol–water partition coefficient (Wildman–Crippen LogP) is 6.17. The fourth-order valence-corrected chi connectivity index (χ4v) is 5.31. The van der Waals surface area contributed by atoms with E-state index in [1.165, 1.54) is 0 Å². The van der Waals surface area contributed by atoms with Crippen molar-refractivity contribution in [3.05, 3.63) is 64.8 Å². The van der Waals surface area contributed by atoms with Crippen LogP contribution in [0.1, 0.15) is 41.8 Å². The van der Waals surface area contributed by atoms with E-state index in [0.717, 1.165) is 63.0 Å². The van der Waals surface area contributed by atoms with Gasteiger partial charge in [-0.3, -0.25) is 4.90 Å². The first-order valence-electron chi connectivity index (χ1n) is 11.7. The monoisotopic (exact) mass is 585 g/mol. The molecule has 8 heteroatoms. The highest BCUT2D eigenvalue weighted by molar-refractivity contribution is 14.1. The fraction of sp³-hybridized carbons (Fsp3) is 0.462. The van der Waals surface area contributed by atoms with E-state index in [1.807, 2.05) is 56.3 Å². The van der Waals surface area contributed by atoms with Crippen molar-refractivity contribution in [1.29, 1.82) is 0 Å². The van der Waals surface area contributed by atoms with Gasteiger partial charge in [0.2, 0.25) is 0 Å². The van der Waals surface area contributed by atoms with Gasteiger partial charge in [0.25, 0.3) is 0 Å². The summed E-state index contributed by atoms with van der Waals surface area (Å²) in [5.41, 5.74) is 4.65. The van der Waals surface area contributed by atoms with E-state index >= 15 is 0 Å². The number of nitrogens with one attached hydrogen (secondary N) is 2. The number of ether oxygens (including phenoxy) is 1. The van der Waals surface area contributed by atoms with E-state index < -0.39 is 18.8 Å². The van der Waals surface area contributed by atoms with E-state index in [-0.39, 0.29) is 6.04 Å². The van der Waals surface area contributed by atoms with Gasteiger partial charge in [0.15, 0.2) is 0 Å². The summed E-state index contributed by atoms with van der Waals surface area (Å²) in [6, 6.07) is 12.9. The highest BCUT2D eigenvalue weighted by Crippen LogP contribution is 2.43. The van der Waals surface area contributed by atoms with Crippen LogP contribution in [0.15, 0.2) is 42.5 Å². The average Bonchev–Trinajstić information content (AvgIpc) is 3.15. The molecule has 0 saturated carbocycles. The van der Waals surface area contributed by atoms with Crippen LogP contribution in [0.25, 0.3) is 10.9 Å². The number of rotatable bonds is 9. The summed E-state index contributed by atoms with van der Waals surface area (Å²) in [7, 11) is 0. The van der Waals surface area contributed by atoms with Gasteiger partial charge >= 0.3 is 6.18 Å². The van der Waals surface area contributed by atoms with Gasteiger partial charge in [-0.15, -0.1) is 0 Å². The predicted molar refractivity (Wildman–Crippen MR) is 139 cm³/mol. The molecule has 2 unspecified atom stereocenters. The molecule has 34 heavy (non-hydrogen) atoms. The average molecular weight is 585 g/mol. The van der Waals surface area contributed by atoms with Crippen molar-refractivity contribution in [2.45, 2.75) is 44.9 Å². The summed E-state index contributed by atoms with van der Waals surface area (Å²) in [5, 5.41) is 4.44. The molecule has 0 amide bonds. The summed E-state index contributed by atoms with van der Waals surface area (Å²) in [4.78, 5) is 5.04. The third-order valence-electron chi connectivity index (χ3n) is 6.52. The standard InChI is InChI=1S/C26H31F3IN3O/c1-17-15-21-20-7-3-4-9-22(20)32-24(21)25(33(17)16-26(27,28)29)19-8-5-10-23(18(19)2)34-14-13-31-12-6-11-30/h3-5,7-10,17,25,31-32H,6,11-16H2,1-2H3. The first-order chi connectivity index (χ1) is 16.3. The lowest BCUT2D eigenvalue weighted by Gasteiger charge is -2.41. The Hall–Kier alpha value is -1.78. The number of benzene rings is 2. The summed E-state index contributed by atoms with van der Waals surface area (Å²) >= 11 is 2.35. The van der Waals surface area contributed by atoms with E-state index in [2.05, 4.69) is 32.9 Å². The van der Waals surface area contributed by atoms with Crippen LogP contribution in [0.2, 0.25) is 0 Å². The van der Waals surface area contributed by atoms with Crippen LogP contribution < -0.4 is 10.1 Å². The molecule has 1 aromatic heterocycles. The Labute approximate surface area is 212 Å². The molecule has 2 N–H and O–H groups in total. The van der Waals surface area contributed by atoms with Crippen LogP contribution in [0.5, 0.6) is 5.75 Å². The molecule has 0 bridgehead atoms. The topological polar surface area (TPSA) is 40.3 Å². The normalized spacial score (nSPS) is 18.9. The zero-order valence-corrected chi connectivity index (χ0v) is 21.7. The molecule has 1 aliphatic rings. The van der Waals surface area contributed by atoms with Crippen molar-refractivity contribution in [3.63, 3.8) is 0 Å². The summed E-state index contributed by atoms with van der Waals surface area (Å²) in [6.07, 6.45) is -2.61. The lowest BCUT2D eigenvalue weighted by molar-refractivity contribution is -0.155. The number of alkyl halides is 4. The van der Waals surface area contributed by atoms with Gasteiger partial charge in [-0.25, -0.2) is 0 Å². The molecule has 4 nitrogen and oxygen atoms in total. The Morgan fingerprint density at radius 2 is 1.94 bits per heavy atom. The maximum Gasteiger partial charge on any atom is 0.401 e. The zero-order chi connectivity index (χ0) is 24.3. The number of aromatic amines is 1. The second kappa shape index (κ2) is 10.9. The van der Waals surface area contributed by atoms with Crippen LogP contribution in [0, 0.1) is 6.92 Å². The second-order valence-corrected chi connectivity index (χ2v) is 10.00. The van der Waals surface area contributed by atoms with Crippen molar-refractivity contribution in [1.82, 2.24) is 15.2 Å². The number of nitrogens with zero attached hydrogens (tertiary/aromatic N) is 1. The molecule has 2 aromatic carbocycles. The Morgan fingerprint density at radius 3 is 2.71 bits per heavy atom. The van der Waals surface area contributed by atoms with Gasteiger partial charge in [0, 0.05) is 33.6 Å². The van der Waals surface area contributed by atoms with Crippen molar-refractivity contribution in [2.75, 3.05) is 30.7 Å². The third kappa shape index (κ3) is 5.54. The van der Waals surface area contributed by atoms with E-state index in [1.54, 1.807) is 4.90 Å². The lowest BCUT2D eigenvalue weighted by atomic mass is 9.87. The first kappa shape index (κ1) is 25.3. The molecular weight excluding hydrogens is 554 g/mol. The Kier molecular flexibility index (Phi) is 8.09. The largest absolute Gasteiger partial charge is 0.492 e. The molecule has 2 heterocycles. The van der Waals surface area contributed by atoms with Gasteiger partial charge in [0.05, 0.1) is 12.6 Å². The van der Waals surface area contributed by atoms with Crippen molar-refractivity contribution < 1.29 is 17.9 Å². The highest BCUT2D eigenvalue weighted by Gasteiger charge is 2.42. The van der Waals surface area contributed by atoms with Crippen molar-refractivity contribution in [2.24, 2.45) is 0 Å². The van der Waals surface area contributed by atoms with E-state index in [0.29, 0.717) is 13.0 Å². The molecule has 0 radical (unpaired) electrons. The smallest absolute Gasteiger partial charge is 0.401 e. The zero-order valence-electron chi connectivity index (χ0n) is 19.5. The summed E-state index contributed by atoms with van der Waals surface area (Å²) < 4.78 is 48.2. The summed E-state index contributed by atoms with van der Waals surface area (Å²) in [5.74, 6) is 0.719. The van der Waals surface area contributed by atoms with E-state index in [9.17, 15) is 13.2 Å². The molecule has 2 atom stereocenters. The molecule has 0 saturated heterocycles. The maximum absolute atomic E-state index is 13.7. The SMILES string of the molecule is Cc1c(OCCNCCCI)cccc1C1c2[nH]c3ccccc3c2CC(C)N1CC(F)(F)F. The minimum absolute atomic E-state index is 0.260. The number of para-hydroxylation sites is 1. The molecule has 0 aliphatic carbocycles. The molecule has 3 aromatic rings. The van der Waals surface area contributed by atoms with Gasteiger partial charge in [-0.05, 0) is 62.1 Å². The number of halogens is 4. The number of fused-ring (bicyclic) bond motifs is 3. The van der Waals surface area contributed by atoms with Crippen LogP contribution in [-0.4, -0.2) is 52.8 Å². The lowest BCUT2D eigenvalue weighted by Crippen LogP contribution is -2.47. The van der Waals surface area contributed by atoms with Crippen LogP contribution in [0.3, 0.4) is 0 Å². The molecule has 1 aliphatic heterocycles. The molecular formula is C26H31F3IN3O. The van der Waals surface area contributed by atoms with Crippen LogP contribution in [-0.2, 0) is 6.42 Å². The number of H-pyrrole nitrogens is 1. The van der Waals surface area contributed by atoms with Gasteiger partial charge < -0.3 is 15.0 Å². The minimum Gasteiger partial charge on any atom is -0.492 e. The first-order valence-corrected chi connectivity index (χ1v) is 13.2. The second-order valence-electron chi connectivity index (χ2n) is 8.92. The van der Waals surface area contributed by atoms with Gasteiger partial charge in [-0.2, -0.15) is 13.2 Å². The molecule has 0 fully saturated rings.